The van der Waals surface area contributed by atoms with Gasteiger partial charge in [0, 0.05) is 5.56 Å². The summed E-state index contributed by atoms with van der Waals surface area (Å²) in [6.45, 7) is 0.714. The third kappa shape index (κ3) is 1.96. The van der Waals surface area contributed by atoms with E-state index in [2.05, 4.69) is 0 Å². The second kappa shape index (κ2) is 5.08. The van der Waals surface area contributed by atoms with Crippen LogP contribution in [-0.4, -0.2) is 0 Å². The maximum Gasteiger partial charge on any atom is 0.184 e. The molecule has 0 aromatic heterocycles. The summed E-state index contributed by atoms with van der Waals surface area (Å²) in [7, 11) is 0. The van der Waals surface area contributed by atoms with Gasteiger partial charge in [0.2, 0.25) is 0 Å². The monoisotopic (exact) mass is 324 g/mol. The third-order valence-corrected chi connectivity index (χ3v) is 3.13. The fourth-order valence-electron chi connectivity index (χ4n) is 1.88. The summed E-state index contributed by atoms with van der Waals surface area (Å²) < 4.78 is 95.8. The van der Waals surface area contributed by atoms with Gasteiger partial charge in [-0.05, 0) is 6.92 Å². The van der Waals surface area contributed by atoms with Gasteiger partial charge in [-0.2, -0.15) is 0 Å². The molecule has 2 aromatic carbocycles. The summed E-state index contributed by atoms with van der Waals surface area (Å²) in [5, 5.41) is 0. The van der Waals surface area contributed by atoms with Crippen molar-refractivity contribution in [3.63, 3.8) is 0 Å². The quantitative estimate of drug-likeness (QED) is 0.476. The summed E-state index contributed by atoms with van der Waals surface area (Å²) >= 11 is 0. The highest BCUT2D eigenvalue weighted by Crippen LogP contribution is 2.39. The first-order valence-electron chi connectivity index (χ1n) is 5.65. The molecular formula is C13H7F7N2. The smallest absolute Gasteiger partial charge is 0.184 e. The second-order valence-corrected chi connectivity index (χ2v) is 4.40. The van der Waals surface area contributed by atoms with E-state index in [0.717, 1.165) is 0 Å². The molecule has 0 heterocycles. The van der Waals surface area contributed by atoms with Crippen LogP contribution in [0.1, 0.15) is 5.56 Å². The van der Waals surface area contributed by atoms with Gasteiger partial charge < -0.3 is 11.5 Å². The minimum Gasteiger partial charge on any atom is -0.395 e. The van der Waals surface area contributed by atoms with E-state index in [0.29, 0.717) is 6.92 Å². The molecule has 9 heteroatoms. The Labute approximate surface area is 119 Å². The normalized spacial score (nSPS) is 11.1. The van der Waals surface area contributed by atoms with Crippen LogP contribution in [0.25, 0.3) is 11.1 Å². The molecule has 0 bridgehead atoms. The van der Waals surface area contributed by atoms with E-state index in [1.165, 1.54) is 0 Å². The van der Waals surface area contributed by atoms with Crippen LogP contribution in [0.2, 0.25) is 0 Å². The molecule has 2 aromatic rings. The zero-order valence-corrected chi connectivity index (χ0v) is 10.8. The molecule has 2 nitrogen and oxygen atoms in total. The first-order chi connectivity index (χ1) is 10.1. The minimum atomic E-state index is -2.12. The Bertz CT molecular complexity index is 676. The van der Waals surface area contributed by atoms with Gasteiger partial charge in [0.05, 0.1) is 22.5 Å². The molecule has 0 saturated carbocycles. The highest BCUT2D eigenvalue weighted by Gasteiger charge is 2.31. The summed E-state index contributed by atoms with van der Waals surface area (Å²) in [6, 6.07) is 0. The predicted octanol–water partition coefficient (Wildman–Crippen LogP) is 3.80. The molecule has 22 heavy (non-hydrogen) atoms. The molecule has 0 aliphatic heterocycles. The number of nitrogens with two attached hydrogens (primary N) is 2. The van der Waals surface area contributed by atoms with Gasteiger partial charge in [0.1, 0.15) is 0 Å². The van der Waals surface area contributed by atoms with Gasteiger partial charge in [-0.1, -0.05) is 0 Å². The van der Waals surface area contributed by atoms with Crippen LogP contribution in [0.5, 0.6) is 0 Å². The van der Waals surface area contributed by atoms with Crippen molar-refractivity contribution in [1.82, 2.24) is 0 Å². The molecule has 0 unspecified atom stereocenters. The summed E-state index contributed by atoms with van der Waals surface area (Å²) in [4.78, 5) is 0. The van der Waals surface area contributed by atoms with Crippen molar-refractivity contribution in [2.24, 2.45) is 0 Å². The number of nitrogen functional groups attached to an aromatic ring is 2. The van der Waals surface area contributed by atoms with Crippen LogP contribution in [0, 0.1) is 47.6 Å². The predicted molar refractivity (Wildman–Crippen MR) is 65.1 cm³/mol. The van der Waals surface area contributed by atoms with Crippen molar-refractivity contribution in [2.75, 3.05) is 11.5 Å². The van der Waals surface area contributed by atoms with Crippen LogP contribution < -0.4 is 11.5 Å². The van der Waals surface area contributed by atoms with E-state index >= 15 is 0 Å². The molecule has 0 fully saturated rings. The fourth-order valence-corrected chi connectivity index (χ4v) is 1.88. The Kier molecular flexibility index (Phi) is 3.68. The van der Waals surface area contributed by atoms with Crippen molar-refractivity contribution >= 4 is 11.4 Å². The van der Waals surface area contributed by atoms with E-state index in [-0.39, 0.29) is 0 Å². The molecule has 0 spiro atoms. The molecule has 0 aliphatic rings. The third-order valence-electron chi connectivity index (χ3n) is 3.13. The van der Waals surface area contributed by atoms with E-state index in [1.807, 2.05) is 0 Å². The largest absolute Gasteiger partial charge is 0.395 e. The summed E-state index contributed by atoms with van der Waals surface area (Å²) in [5.41, 5.74) is 3.28. The SMILES string of the molecule is Cc1c(F)c(F)c(-c2c(F)c(N)c(N)c(F)c2F)c(F)c1F. The maximum atomic E-state index is 13.9. The van der Waals surface area contributed by atoms with E-state index < -0.39 is 68.8 Å². The van der Waals surface area contributed by atoms with Crippen molar-refractivity contribution in [3.05, 3.63) is 46.3 Å². The molecule has 2 rings (SSSR count). The van der Waals surface area contributed by atoms with Crippen LogP contribution in [0.3, 0.4) is 0 Å². The molecular weight excluding hydrogens is 317 g/mol. The van der Waals surface area contributed by atoms with Crippen LogP contribution in [-0.2, 0) is 0 Å². The Hall–Kier alpha value is -2.45. The average molecular weight is 324 g/mol. The number of benzene rings is 2. The Morgan fingerprint density at radius 3 is 1.27 bits per heavy atom. The van der Waals surface area contributed by atoms with Crippen LogP contribution in [0.4, 0.5) is 42.1 Å². The lowest BCUT2D eigenvalue weighted by molar-refractivity contribution is 0.445. The van der Waals surface area contributed by atoms with Crippen LogP contribution >= 0.6 is 0 Å². The molecule has 4 N–H and O–H groups in total. The van der Waals surface area contributed by atoms with Crippen molar-refractivity contribution in [2.45, 2.75) is 6.92 Å². The summed E-state index contributed by atoms with van der Waals surface area (Å²) in [6.07, 6.45) is 0. The first kappa shape index (κ1) is 15.9. The lowest BCUT2D eigenvalue weighted by atomic mass is 9.98. The Morgan fingerprint density at radius 2 is 0.818 bits per heavy atom. The zero-order chi connectivity index (χ0) is 16.9. The van der Waals surface area contributed by atoms with Gasteiger partial charge in [0.15, 0.2) is 40.7 Å². The first-order valence-corrected chi connectivity index (χ1v) is 5.65. The topological polar surface area (TPSA) is 52.0 Å². The highest BCUT2D eigenvalue weighted by atomic mass is 19.2. The van der Waals surface area contributed by atoms with Gasteiger partial charge in [-0.25, -0.2) is 30.7 Å². The molecule has 0 radical (unpaired) electrons. The van der Waals surface area contributed by atoms with E-state index in [1.54, 1.807) is 0 Å². The molecule has 0 amide bonds. The van der Waals surface area contributed by atoms with E-state index in [9.17, 15) is 30.7 Å². The second-order valence-electron chi connectivity index (χ2n) is 4.40. The molecule has 0 atom stereocenters. The molecule has 118 valence electrons. The summed E-state index contributed by atoms with van der Waals surface area (Å²) in [5.74, 6) is -13.8. The Balaban J connectivity index is 3.03. The van der Waals surface area contributed by atoms with Gasteiger partial charge in [0.25, 0.3) is 0 Å². The lowest BCUT2D eigenvalue weighted by Crippen LogP contribution is -2.10. The number of halogens is 7. The van der Waals surface area contributed by atoms with Gasteiger partial charge in [-0.3, -0.25) is 0 Å². The fraction of sp³-hybridized carbons (Fsp3) is 0.0769. The minimum absolute atomic E-state index is 0.714. The van der Waals surface area contributed by atoms with Gasteiger partial charge in [-0.15, -0.1) is 0 Å². The molecule has 0 saturated heterocycles. The standard InChI is InChI=1S/C13H7F7N2/c1-2-5(14)7(16)3(8(17)6(2)15)4-9(18)11(20)13(22)12(21)10(4)19/h21-22H2,1H3. The van der Waals surface area contributed by atoms with Gasteiger partial charge >= 0.3 is 0 Å². The number of hydrogen-bond acceptors (Lipinski definition) is 2. The Morgan fingerprint density at radius 1 is 0.500 bits per heavy atom. The highest BCUT2D eigenvalue weighted by molar-refractivity contribution is 5.77. The van der Waals surface area contributed by atoms with Crippen molar-refractivity contribution in [3.8, 4) is 11.1 Å². The zero-order valence-electron chi connectivity index (χ0n) is 10.8. The molecule has 0 aliphatic carbocycles. The maximum absolute atomic E-state index is 13.9. The van der Waals surface area contributed by atoms with E-state index in [4.69, 9.17) is 11.5 Å². The average Bonchev–Trinajstić information content (AvgIpc) is 2.50. The number of rotatable bonds is 1. The number of anilines is 2. The van der Waals surface area contributed by atoms with Crippen molar-refractivity contribution in [1.29, 1.82) is 0 Å². The van der Waals surface area contributed by atoms with Crippen molar-refractivity contribution < 1.29 is 30.7 Å². The number of hydrogen-bond donors (Lipinski definition) is 2. The lowest BCUT2D eigenvalue weighted by Gasteiger charge is -2.14. The van der Waals surface area contributed by atoms with Crippen LogP contribution in [0.15, 0.2) is 0 Å².